The first-order chi connectivity index (χ1) is 8.57. The first-order valence-corrected chi connectivity index (χ1v) is 6.64. The number of carbonyl (C=O) groups excluding carboxylic acids is 1. The van der Waals surface area contributed by atoms with Gasteiger partial charge >= 0.3 is 0 Å². The SMILES string of the molecule is C=C[C@H]1C[C@](C)(C(=O)NC(C)(C)C)C[C@@H]1C[N+](=O)[O-]. The van der Waals surface area contributed by atoms with Crippen LogP contribution in [-0.4, -0.2) is 22.9 Å². The Morgan fingerprint density at radius 3 is 2.53 bits per heavy atom. The molecule has 19 heavy (non-hydrogen) atoms. The van der Waals surface area contributed by atoms with Gasteiger partial charge in [0.1, 0.15) is 0 Å². The van der Waals surface area contributed by atoms with E-state index in [2.05, 4.69) is 11.9 Å². The van der Waals surface area contributed by atoms with Crippen LogP contribution in [0.4, 0.5) is 0 Å². The van der Waals surface area contributed by atoms with Crippen LogP contribution < -0.4 is 5.32 Å². The molecule has 1 fully saturated rings. The van der Waals surface area contributed by atoms with Crippen molar-refractivity contribution in [2.75, 3.05) is 6.54 Å². The van der Waals surface area contributed by atoms with Gasteiger partial charge in [0.15, 0.2) is 0 Å². The topological polar surface area (TPSA) is 72.2 Å². The molecule has 1 rings (SSSR count). The minimum absolute atomic E-state index is 0.0160. The van der Waals surface area contributed by atoms with E-state index in [0.29, 0.717) is 12.8 Å². The van der Waals surface area contributed by atoms with Crippen molar-refractivity contribution in [3.8, 4) is 0 Å². The number of nitro groups is 1. The van der Waals surface area contributed by atoms with E-state index in [1.165, 1.54) is 0 Å². The molecule has 5 nitrogen and oxygen atoms in total. The maximum Gasteiger partial charge on any atom is 0.226 e. The van der Waals surface area contributed by atoms with E-state index in [-0.39, 0.29) is 34.7 Å². The van der Waals surface area contributed by atoms with Crippen LogP contribution in [-0.2, 0) is 4.79 Å². The molecule has 3 atom stereocenters. The maximum atomic E-state index is 12.4. The van der Waals surface area contributed by atoms with Gasteiger partial charge < -0.3 is 5.32 Å². The highest BCUT2D eigenvalue weighted by atomic mass is 16.6. The summed E-state index contributed by atoms with van der Waals surface area (Å²) < 4.78 is 0. The summed E-state index contributed by atoms with van der Waals surface area (Å²) in [6, 6.07) is 0. The molecule has 0 aliphatic heterocycles. The van der Waals surface area contributed by atoms with E-state index in [9.17, 15) is 14.9 Å². The van der Waals surface area contributed by atoms with Gasteiger partial charge in [-0.1, -0.05) is 13.0 Å². The highest BCUT2D eigenvalue weighted by Crippen LogP contribution is 2.46. The Labute approximate surface area is 114 Å². The molecule has 1 aliphatic rings. The van der Waals surface area contributed by atoms with Gasteiger partial charge in [-0.3, -0.25) is 14.9 Å². The van der Waals surface area contributed by atoms with Gasteiger partial charge in [-0.25, -0.2) is 0 Å². The van der Waals surface area contributed by atoms with Crippen LogP contribution in [0.15, 0.2) is 12.7 Å². The number of carbonyl (C=O) groups is 1. The zero-order valence-electron chi connectivity index (χ0n) is 12.2. The summed E-state index contributed by atoms with van der Waals surface area (Å²) >= 11 is 0. The molecule has 0 radical (unpaired) electrons. The Balaban J connectivity index is 2.81. The molecule has 0 spiro atoms. The molecular formula is C14H24N2O3. The Bertz CT molecular complexity index is 387. The fraction of sp³-hybridized carbons (Fsp3) is 0.786. The Morgan fingerprint density at radius 1 is 1.53 bits per heavy atom. The van der Waals surface area contributed by atoms with Gasteiger partial charge in [0.2, 0.25) is 12.5 Å². The zero-order valence-corrected chi connectivity index (χ0v) is 12.2. The molecular weight excluding hydrogens is 244 g/mol. The van der Waals surface area contributed by atoms with Crippen molar-refractivity contribution in [3.63, 3.8) is 0 Å². The number of nitrogens with one attached hydrogen (secondary N) is 1. The lowest BCUT2D eigenvalue weighted by atomic mass is 9.85. The van der Waals surface area contributed by atoms with Crippen molar-refractivity contribution >= 4 is 5.91 Å². The number of amides is 1. The third-order valence-electron chi connectivity index (χ3n) is 3.73. The van der Waals surface area contributed by atoms with E-state index in [0.717, 1.165) is 0 Å². The van der Waals surface area contributed by atoms with Gasteiger partial charge in [-0.05, 0) is 39.5 Å². The lowest BCUT2D eigenvalue weighted by Gasteiger charge is -2.29. The smallest absolute Gasteiger partial charge is 0.226 e. The van der Waals surface area contributed by atoms with E-state index in [1.807, 2.05) is 27.7 Å². The van der Waals surface area contributed by atoms with E-state index >= 15 is 0 Å². The van der Waals surface area contributed by atoms with Crippen LogP contribution in [0.5, 0.6) is 0 Å². The van der Waals surface area contributed by atoms with Crippen LogP contribution >= 0.6 is 0 Å². The molecule has 108 valence electrons. The summed E-state index contributed by atoms with van der Waals surface area (Å²) in [5.74, 6) is -0.0676. The Morgan fingerprint density at radius 2 is 2.11 bits per heavy atom. The fourth-order valence-electron chi connectivity index (χ4n) is 2.84. The summed E-state index contributed by atoms with van der Waals surface area (Å²) in [6.07, 6.45) is 2.94. The Hall–Kier alpha value is -1.39. The van der Waals surface area contributed by atoms with Crippen molar-refractivity contribution in [2.45, 2.75) is 46.1 Å². The van der Waals surface area contributed by atoms with Crippen LogP contribution in [0.2, 0.25) is 0 Å². The second kappa shape index (κ2) is 5.31. The predicted octanol–water partition coefficient (Wildman–Crippen LogP) is 2.40. The second-order valence-corrected chi connectivity index (χ2v) is 6.85. The molecule has 1 saturated carbocycles. The molecule has 1 aliphatic carbocycles. The molecule has 1 N–H and O–H groups in total. The van der Waals surface area contributed by atoms with Crippen molar-refractivity contribution < 1.29 is 9.72 Å². The predicted molar refractivity (Wildman–Crippen MR) is 74.3 cm³/mol. The average Bonchev–Trinajstić information content (AvgIpc) is 2.53. The number of allylic oxidation sites excluding steroid dienone is 1. The molecule has 5 heteroatoms. The van der Waals surface area contributed by atoms with E-state index in [4.69, 9.17) is 0 Å². The molecule has 0 heterocycles. The number of hydrogen-bond donors (Lipinski definition) is 1. The normalized spacial score (nSPS) is 30.9. The molecule has 0 aromatic heterocycles. The highest BCUT2D eigenvalue weighted by Gasteiger charge is 2.48. The van der Waals surface area contributed by atoms with E-state index < -0.39 is 5.41 Å². The second-order valence-electron chi connectivity index (χ2n) is 6.85. The van der Waals surface area contributed by atoms with Gasteiger partial charge in [0.25, 0.3) is 0 Å². The summed E-state index contributed by atoms with van der Waals surface area (Å²) in [4.78, 5) is 22.8. The first kappa shape index (κ1) is 15.7. The highest BCUT2D eigenvalue weighted by molar-refractivity contribution is 5.83. The van der Waals surface area contributed by atoms with Crippen molar-refractivity contribution in [1.82, 2.24) is 5.32 Å². The quantitative estimate of drug-likeness (QED) is 0.483. The number of rotatable bonds is 4. The summed E-state index contributed by atoms with van der Waals surface area (Å²) in [7, 11) is 0. The lowest BCUT2D eigenvalue weighted by molar-refractivity contribution is -0.489. The lowest BCUT2D eigenvalue weighted by Crippen LogP contribution is -2.47. The monoisotopic (exact) mass is 268 g/mol. The third-order valence-corrected chi connectivity index (χ3v) is 3.73. The van der Waals surface area contributed by atoms with Crippen molar-refractivity contribution in [1.29, 1.82) is 0 Å². The third kappa shape index (κ3) is 4.04. The average molecular weight is 268 g/mol. The molecule has 1 amide bonds. The van der Waals surface area contributed by atoms with Gasteiger partial charge in [-0.2, -0.15) is 0 Å². The minimum atomic E-state index is -0.535. The summed E-state index contributed by atoms with van der Waals surface area (Å²) in [6.45, 7) is 11.4. The first-order valence-electron chi connectivity index (χ1n) is 6.64. The largest absolute Gasteiger partial charge is 0.351 e. The maximum absolute atomic E-state index is 12.4. The van der Waals surface area contributed by atoms with E-state index in [1.54, 1.807) is 6.08 Å². The Kier molecular flexibility index (Phi) is 4.38. The zero-order chi connectivity index (χ0) is 14.8. The molecule has 0 unspecified atom stereocenters. The van der Waals surface area contributed by atoms with Crippen LogP contribution in [0.25, 0.3) is 0 Å². The minimum Gasteiger partial charge on any atom is -0.351 e. The van der Waals surface area contributed by atoms with Crippen LogP contribution in [0.1, 0.15) is 40.5 Å². The molecule has 0 saturated heterocycles. The summed E-state index contributed by atoms with van der Waals surface area (Å²) in [5.41, 5.74) is -0.822. The number of hydrogen-bond acceptors (Lipinski definition) is 3. The number of nitrogens with zero attached hydrogens (tertiary/aromatic N) is 1. The van der Waals surface area contributed by atoms with Gasteiger partial charge in [-0.15, -0.1) is 6.58 Å². The van der Waals surface area contributed by atoms with Crippen LogP contribution in [0.3, 0.4) is 0 Å². The molecule has 0 aromatic rings. The standard InChI is InChI=1S/C14H24N2O3/c1-6-10-7-14(5,8-11(10)9-16(18)19)12(17)15-13(2,3)4/h6,10-11H,1,7-9H2,2-5H3,(H,15,17)/t10-,11+,14-/m0/s1. The van der Waals surface area contributed by atoms with Crippen molar-refractivity contribution in [2.24, 2.45) is 17.3 Å². The molecule has 0 bridgehead atoms. The fourth-order valence-corrected chi connectivity index (χ4v) is 2.84. The summed E-state index contributed by atoms with van der Waals surface area (Å²) in [5, 5.41) is 13.7. The van der Waals surface area contributed by atoms with Crippen LogP contribution in [0, 0.1) is 27.4 Å². The molecule has 0 aromatic carbocycles. The van der Waals surface area contributed by atoms with Gasteiger partial charge in [0.05, 0.1) is 0 Å². The van der Waals surface area contributed by atoms with Gasteiger partial charge in [0, 0.05) is 21.8 Å². The van der Waals surface area contributed by atoms with Crippen molar-refractivity contribution in [3.05, 3.63) is 22.8 Å².